The summed E-state index contributed by atoms with van der Waals surface area (Å²) in [6.07, 6.45) is 4.58. The molecule has 0 bridgehead atoms. The van der Waals surface area contributed by atoms with Crippen LogP contribution in [-0.4, -0.2) is 46.1 Å². The molecule has 2 heterocycles. The van der Waals surface area contributed by atoms with Gasteiger partial charge in [0.15, 0.2) is 5.76 Å². The number of para-hydroxylation sites is 3. The number of phenols is 1. The topological polar surface area (TPSA) is 110 Å². The van der Waals surface area contributed by atoms with Gasteiger partial charge < -0.3 is 25.0 Å². The summed E-state index contributed by atoms with van der Waals surface area (Å²) in [5, 5.41) is 22.6. The molecule has 3 N–H and O–H groups in total. The van der Waals surface area contributed by atoms with Crippen molar-refractivity contribution in [3.8, 4) is 5.75 Å². The Kier molecular flexibility index (Phi) is 7.30. The standard InChI is InChI=1S/C26H28N2O6/c1-17(30)28-16-20(19-8-2-4-10-22(19)28)18-14-24(34-25(15-18)33-13-7-6-12-29)26(32)27-21-9-3-5-11-23(21)31/h2-5,8-11,14,16,18,25,29,31H,6-7,12-13,15H2,1H3,(H,27,32). The zero-order valence-corrected chi connectivity index (χ0v) is 18.9. The largest absolute Gasteiger partial charge is 0.506 e. The Labute approximate surface area is 197 Å². The summed E-state index contributed by atoms with van der Waals surface area (Å²) in [5.74, 6) is -0.832. The van der Waals surface area contributed by atoms with Crippen molar-refractivity contribution in [3.05, 3.63) is 72.1 Å². The second kappa shape index (κ2) is 10.5. The highest BCUT2D eigenvalue weighted by molar-refractivity contribution is 6.03. The third kappa shape index (κ3) is 5.13. The number of aromatic nitrogens is 1. The van der Waals surface area contributed by atoms with E-state index in [1.165, 1.54) is 13.0 Å². The molecule has 0 aliphatic carbocycles. The van der Waals surface area contributed by atoms with E-state index in [0.717, 1.165) is 16.5 Å². The molecule has 0 saturated carbocycles. The van der Waals surface area contributed by atoms with Gasteiger partial charge in [0.2, 0.25) is 12.2 Å². The average molecular weight is 465 g/mol. The van der Waals surface area contributed by atoms with Gasteiger partial charge in [-0.25, -0.2) is 0 Å². The highest BCUT2D eigenvalue weighted by Crippen LogP contribution is 2.37. The Morgan fingerprint density at radius 1 is 1.15 bits per heavy atom. The number of carbonyl (C=O) groups is 2. The first kappa shape index (κ1) is 23.5. The van der Waals surface area contributed by atoms with E-state index in [-0.39, 0.29) is 35.6 Å². The van der Waals surface area contributed by atoms with Crippen LogP contribution in [0.5, 0.6) is 5.75 Å². The van der Waals surface area contributed by atoms with Crippen LogP contribution in [0, 0.1) is 0 Å². The summed E-state index contributed by atoms with van der Waals surface area (Å²) in [4.78, 5) is 25.3. The summed E-state index contributed by atoms with van der Waals surface area (Å²) in [7, 11) is 0. The first-order valence-electron chi connectivity index (χ1n) is 11.3. The molecule has 4 rings (SSSR count). The zero-order valence-electron chi connectivity index (χ0n) is 18.9. The Morgan fingerprint density at radius 3 is 2.68 bits per heavy atom. The van der Waals surface area contributed by atoms with Gasteiger partial charge in [-0.15, -0.1) is 0 Å². The Balaban J connectivity index is 1.66. The molecule has 1 amide bonds. The van der Waals surface area contributed by atoms with Crippen molar-refractivity contribution in [2.75, 3.05) is 18.5 Å². The van der Waals surface area contributed by atoms with Gasteiger partial charge in [0.05, 0.1) is 17.8 Å². The minimum absolute atomic E-state index is 0.0508. The van der Waals surface area contributed by atoms with Crippen molar-refractivity contribution in [1.29, 1.82) is 0 Å². The Hall–Kier alpha value is -3.62. The molecule has 34 heavy (non-hydrogen) atoms. The number of nitrogens with zero attached hydrogens (tertiary/aromatic N) is 1. The van der Waals surface area contributed by atoms with Crippen LogP contribution in [0.3, 0.4) is 0 Å². The lowest BCUT2D eigenvalue weighted by Crippen LogP contribution is -2.29. The second-order valence-corrected chi connectivity index (χ2v) is 8.18. The van der Waals surface area contributed by atoms with Crippen LogP contribution in [0.25, 0.3) is 10.9 Å². The highest BCUT2D eigenvalue weighted by atomic mass is 16.7. The normalized spacial score (nSPS) is 17.8. The number of amides is 1. The number of hydrogen-bond acceptors (Lipinski definition) is 6. The van der Waals surface area contributed by atoms with E-state index < -0.39 is 12.2 Å². The maximum absolute atomic E-state index is 13.0. The lowest BCUT2D eigenvalue weighted by atomic mass is 9.92. The molecule has 1 aliphatic heterocycles. The minimum atomic E-state index is -0.682. The fourth-order valence-corrected chi connectivity index (χ4v) is 4.09. The number of allylic oxidation sites excluding steroid dienone is 1. The Bertz CT molecular complexity index is 1210. The number of ether oxygens (including phenoxy) is 2. The number of rotatable bonds is 8. The average Bonchev–Trinajstić information content (AvgIpc) is 3.23. The van der Waals surface area contributed by atoms with Gasteiger partial charge in [0, 0.05) is 37.5 Å². The smallest absolute Gasteiger partial charge is 0.290 e. The highest BCUT2D eigenvalue weighted by Gasteiger charge is 2.31. The molecular formula is C26H28N2O6. The number of carbonyl (C=O) groups excluding carboxylic acids is 2. The van der Waals surface area contributed by atoms with Crippen LogP contribution in [0.4, 0.5) is 5.69 Å². The molecule has 8 heteroatoms. The third-order valence-corrected chi connectivity index (χ3v) is 5.77. The third-order valence-electron chi connectivity index (χ3n) is 5.77. The summed E-state index contributed by atoms with van der Waals surface area (Å²) in [6, 6.07) is 14.1. The molecule has 3 aromatic rings. The Morgan fingerprint density at radius 2 is 1.91 bits per heavy atom. The number of unbranched alkanes of at least 4 members (excludes halogenated alkanes) is 1. The molecule has 0 radical (unpaired) electrons. The predicted molar refractivity (Wildman–Crippen MR) is 128 cm³/mol. The van der Waals surface area contributed by atoms with Crippen LogP contribution in [0.1, 0.15) is 42.5 Å². The van der Waals surface area contributed by atoms with E-state index in [4.69, 9.17) is 14.6 Å². The van der Waals surface area contributed by atoms with Crippen molar-refractivity contribution in [3.63, 3.8) is 0 Å². The molecular weight excluding hydrogens is 436 g/mol. The summed E-state index contributed by atoms with van der Waals surface area (Å²) >= 11 is 0. The number of nitrogens with one attached hydrogen (secondary N) is 1. The van der Waals surface area contributed by atoms with Gasteiger partial charge >= 0.3 is 0 Å². The van der Waals surface area contributed by atoms with E-state index in [2.05, 4.69) is 5.32 Å². The van der Waals surface area contributed by atoms with Crippen molar-refractivity contribution in [2.45, 2.75) is 38.4 Å². The molecule has 178 valence electrons. The van der Waals surface area contributed by atoms with Crippen LogP contribution >= 0.6 is 0 Å². The summed E-state index contributed by atoms with van der Waals surface area (Å²) < 4.78 is 13.4. The van der Waals surface area contributed by atoms with Crippen LogP contribution in [-0.2, 0) is 14.3 Å². The van der Waals surface area contributed by atoms with Gasteiger partial charge in [-0.3, -0.25) is 14.2 Å². The van der Waals surface area contributed by atoms with Crippen LogP contribution < -0.4 is 5.32 Å². The first-order valence-corrected chi connectivity index (χ1v) is 11.3. The maximum Gasteiger partial charge on any atom is 0.290 e. The van der Waals surface area contributed by atoms with E-state index in [1.54, 1.807) is 35.0 Å². The molecule has 8 nitrogen and oxygen atoms in total. The predicted octanol–water partition coefficient (Wildman–Crippen LogP) is 4.15. The SMILES string of the molecule is CC(=O)n1cc(C2C=C(C(=O)Nc3ccccc3O)OC(OCCCCO)C2)c2ccccc21. The van der Waals surface area contributed by atoms with Crippen molar-refractivity contribution >= 4 is 28.4 Å². The molecule has 0 saturated heterocycles. The second-order valence-electron chi connectivity index (χ2n) is 8.18. The van der Waals surface area contributed by atoms with Gasteiger partial charge in [-0.1, -0.05) is 30.3 Å². The van der Waals surface area contributed by atoms with Crippen molar-refractivity contribution in [1.82, 2.24) is 4.57 Å². The molecule has 1 aromatic heterocycles. The molecule has 0 fully saturated rings. The fraction of sp³-hybridized carbons (Fsp3) is 0.308. The molecule has 2 atom stereocenters. The van der Waals surface area contributed by atoms with E-state index in [1.807, 2.05) is 24.3 Å². The zero-order chi connectivity index (χ0) is 24.1. The molecule has 2 unspecified atom stereocenters. The van der Waals surface area contributed by atoms with Gasteiger partial charge in [-0.05, 0) is 42.7 Å². The van der Waals surface area contributed by atoms with Crippen molar-refractivity contribution < 1.29 is 29.3 Å². The van der Waals surface area contributed by atoms with E-state index in [9.17, 15) is 14.7 Å². The van der Waals surface area contributed by atoms with Crippen molar-refractivity contribution in [2.24, 2.45) is 0 Å². The lowest BCUT2D eigenvalue weighted by molar-refractivity contribution is -0.143. The van der Waals surface area contributed by atoms with Gasteiger partial charge in [0.1, 0.15) is 5.75 Å². The monoisotopic (exact) mass is 464 g/mol. The quantitative estimate of drug-likeness (QED) is 0.341. The summed E-state index contributed by atoms with van der Waals surface area (Å²) in [5.41, 5.74) is 1.96. The number of hydrogen-bond donors (Lipinski definition) is 3. The minimum Gasteiger partial charge on any atom is -0.506 e. The number of phenolic OH excluding ortho intramolecular Hbond substituents is 1. The fourth-order valence-electron chi connectivity index (χ4n) is 4.09. The molecule has 1 aliphatic rings. The van der Waals surface area contributed by atoms with Crippen LogP contribution in [0.15, 0.2) is 66.6 Å². The number of anilines is 1. The number of aromatic hydroxyl groups is 1. The molecule has 2 aromatic carbocycles. The number of fused-ring (bicyclic) bond motifs is 1. The number of aliphatic hydroxyl groups is 1. The van der Waals surface area contributed by atoms with Gasteiger partial charge in [-0.2, -0.15) is 0 Å². The number of benzene rings is 2. The van der Waals surface area contributed by atoms with E-state index >= 15 is 0 Å². The summed E-state index contributed by atoms with van der Waals surface area (Å²) in [6.45, 7) is 1.96. The first-order chi connectivity index (χ1) is 16.5. The lowest BCUT2D eigenvalue weighted by Gasteiger charge is -2.29. The van der Waals surface area contributed by atoms with Gasteiger partial charge in [0.25, 0.3) is 5.91 Å². The van der Waals surface area contributed by atoms with E-state index in [0.29, 0.717) is 25.9 Å². The number of aliphatic hydroxyl groups excluding tert-OH is 1. The maximum atomic E-state index is 13.0. The van der Waals surface area contributed by atoms with Crippen LogP contribution in [0.2, 0.25) is 0 Å². The molecule has 0 spiro atoms.